The Morgan fingerprint density at radius 3 is 2.15 bits per heavy atom. The van der Waals surface area contributed by atoms with Crippen molar-refractivity contribution in [2.75, 3.05) is 11.9 Å². The molecule has 0 bridgehead atoms. The van der Waals surface area contributed by atoms with Crippen LogP contribution in [-0.2, 0) is 16.2 Å². The molecule has 6 heteroatoms. The zero-order valence-electron chi connectivity index (χ0n) is 16.1. The average molecular weight is 389 g/mol. The minimum absolute atomic E-state index is 0.00759. The zero-order chi connectivity index (χ0) is 20.0. The zero-order valence-corrected chi connectivity index (χ0v) is 16.8. The second-order valence-corrected chi connectivity index (χ2v) is 7.70. The van der Waals surface area contributed by atoms with E-state index in [2.05, 4.69) is 5.32 Å². The largest absolute Gasteiger partial charge is 0.489 e. The molecule has 0 heterocycles. The lowest BCUT2D eigenvalue weighted by atomic mass is 10.1. The topological polar surface area (TPSA) is 58.6 Å². The average Bonchev–Trinajstić information content (AvgIpc) is 2.59. The fourth-order valence-corrected chi connectivity index (χ4v) is 2.67. The maximum atomic E-state index is 12.3. The van der Waals surface area contributed by atoms with E-state index in [1.807, 2.05) is 45.0 Å². The van der Waals surface area contributed by atoms with Crippen molar-refractivity contribution in [2.45, 2.75) is 39.8 Å². The molecular formula is C21H25ClN2O3. The Morgan fingerprint density at radius 2 is 1.63 bits per heavy atom. The highest BCUT2D eigenvalue weighted by molar-refractivity contribution is 6.30. The van der Waals surface area contributed by atoms with Crippen LogP contribution >= 0.6 is 11.6 Å². The van der Waals surface area contributed by atoms with Crippen molar-refractivity contribution in [3.8, 4) is 5.75 Å². The van der Waals surface area contributed by atoms with Crippen LogP contribution in [0.25, 0.3) is 0 Å². The van der Waals surface area contributed by atoms with Gasteiger partial charge < -0.3 is 15.0 Å². The van der Waals surface area contributed by atoms with Gasteiger partial charge in [-0.1, -0.05) is 23.7 Å². The Balaban J connectivity index is 1.90. The molecule has 0 saturated heterocycles. The van der Waals surface area contributed by atoms with Gasteiger partial charge >= 0.3 is 0 Å². The quantitative estimate of drug-likeness (QED) is 0.792. The normalized spacial score (nSPS) is 11.0. The Kier molecular flexibility index (Phi) is 6.86. The van der Waals surface area contributed by atoms with Gasteiger partial charge in [-0.05, 0) is 62.7 Å². The molecule has 2 rings (SSSR count). The number of amides is 2. The van der Waals surface area contributed by atoms with Gasteiger partial charge in [0, 0.05) is 23.2 Å². The van der Waals surface area contributed by atoms with Gasteiger partial charge in [0.2, 0.25) is 11.8 Å². The van der Waals surface area contributed by atoms with Crippen molar-refractivity contribution >= 4 is 29.1 Å². The summed E-state index contributed by atoms with van der Waals surface area (Å²) in [7, 11) is 0. The molecule has 5 nitrogen and oxygen atoms in total. The van der Waals surface area contributed by atoms with Crippen LogP contribution in [0, 0.1) is 0 Å². The van der Waals surface area contributed by atoms with Crippen molar-refractivity contribution in [1.82, 2.24) is 4.90 Å². The predicted molar refractivity (Wildman–Crippen MR) is 108 cm³/mol. The number of halogens is 1. The minimum Gasteiger partial charge on any atom is -0.489 e. The number of rotatable bonds is 6. The van der Waals surface area contributed by atoms with Gasteiger partial charge in [0.25, 0.3) is 0 Å². The third kappa shape index (κ3) is 6.61. The van der Waals surface area contributed by atoms with Crippen molar-refractivity contribution < 1.29 is 14.3 Å². The SMILES string of the molecule is CC(=O)N(CC(=O)Nc1ccc(OCc2ccc(Cl)cc2)cc1)C(C)(C)C. The van der Waals surface area contributed by atoms with Crippen LogP contribution in [0.1, 0.15) is 33.3 Å². The highest BCUT2D eigenvalue weighted by Gasteiger charge is 2.25. The first kappa shape index (κ1) is 20.8. The third-order valence-electron chi connectivity index (χ3n) is 3.95. The molecule has 27 heavy (non-hydrogen) atoms. The van der Waals surface area contributed by atoms with Gasteiger partial charge in [0.05, 0.1) is 0 Å². The number of hydrogen-bond acceptors (Lipinski definition) is 3. The van der Waals surface area contributed by atoms with E-state index in [1.165, 1.54) is 11.8 Å². The first-order valence-corrected chi connectivity index (χ1v) is 9.08. The van der Waals surface area contributed by atoms with Crippen molar-refractivity contribution in [2.24, 2.45) is 0 Å². The van der Waals surface area contributed by atoms with Crippen LogP contribution < -0.4 is 10.1 Å². The molecule has 2 aromatic carbocycles. The molecule has 2 amide bonds. The number of nitrogens with zero attached hydrogens (tertiary/aromatic N) is 1. The Hall–Kier alpha value is -2.53. The monoisotopic (exact) mass is 388 g/mol. The number of hydrogen-bond donors (Lipinski definition) is 1. The number of benzene rings is 2. The Labute approximate surface area is 165 Å². The molecule has 2 aromatic rings. The summed E-state index contributed by atoms with van der Waals surface area (Å²) in [5.41, 5.74) is 1.25. The summed E-state index contributed by atoms with van der Waals surface area (Å²) in [5, 5.41) is 3.49. The number of ether oxygens (including phenoxy) is 1. The maximum absolute atomic E-state index is 12.3. The van der Waals surface area contributed by atoms with Crippen molar-refractivity contribution in [3.05, 3.63) is 59.1 Å². The first-order chi connectivity index (χ1) is 12.6. The van der Waals surface area contributed by atoms with Gasteiger partial charge in [0.1, 0.15) is 18.9 Å². The van der Waals surface area contributed by atoms with Gasteiger partial charge in [-0.3, -0.25) is 9.59 Å². The molecule has 0 aliphatic rings. The van der Waals surface area contributed by atoms with Crippen molar-refractivity contribution in [1.29, 1.82) is 0 Å². The molecule has 0 fully saturated rings. The lowest BCUT2D eigenvalue weighted by molar-refractivity contribution is -0.137. The van der Waals surface area contributed by atoms with E-state index in [0.29, 0.717) is 23.1 Å². The highest BCUT2D eigenvalue weighted by Crippen LogP contribution is 2.19. The van der Waals surface area contributed by atoms with Crippen LogP contribution in [0.15, 0.2) is 48.5 Å². The van der Waals surface area contributed by atoms with E-state index in [1.54, 1.807) is 24.3 Å². The van der Waals surface area contributed by atoms with Crippen molar-refractivity contribution in [3.63, 3.8) is 0 Å². The van der Waals surface area contributed by atoms with E-state index in [4.69, 9.17) is 16.3 Å². The smallest absolute Gasteiger partial charge is 0.244 e. The molecule has 144 valence electrons. The predicted octanol–water partition coefficient (Wildman–Crippen LogP) is 4.50. The molecule has 0 atom stereocenters. The number of carbonyl (C=O) groups is 2. The molecule has 0 radical (unpaired) electrons. The molecule has 1 N–H and O–H groups in total. The molecule has 0 aliphatic heterocycles. The Morgan fingerprint density at radius 1 is 1.04 bits per heavy atom. The third-order valence-corrected chi connectivity index (χ3v) is 4.20. The summed E-state index contributed by atoms with van der Waals surface area (Å²) in [4.78, 5) is 25.5. The van der Waals surface area contributed by atoms with Gasteiger partial charge in [0.15, 0.2) is 0 Å². The summed E-state index contributed by atoms with van der Waals surface area (Å²) < 4.78 is 5.72. The van der Waals surface area contributed by atoms with Crippen LogP contribution in [0.3, 0.4) is 0 Å². The molecule has 0 spiro atoms. The summed E-state index contributed by atoms with van der Waals surface area (Å²) >= 11 is 5.86. The maximum Gasteiger partial charge on any atom is 0.244 e. The Bertz CT molecular complexity index is 781. The van der Waals surface area contributed by atoms with Crippen LogP contribution in [0.2, 0.25) is 5.02 Å². The lowest BCUT2D eigenvalue weighted by Crippen LogP contribution is -2.48. The molecule has 0 aliphatic carbocycles. The lowest BCUT2D eigenvalue weighted by Gasteiger charge is -2.34. The number of anilines is 1. The number of carbonyl (C=O) groups excluding carboxylic acids is 2. The summed E-state index contributed by atoms with van der Waals surface area (Å²) in [6.45, 7) is 7.60. The summed E-state index contributed by atoms with van der Waals surface area (Å²) in [6, 6.07) is 14.6. The van der Waals surface area contributed by atoms with Crippen LogP contribution in [0.5, 0.6) is 5.75 Å². The number of nitrogens with one attached hydrogen (secondary N) is 1. The summed E-state index contributed by atoms with van der Waals surface area (Å²) in [5.74, 6) is 0.321. The molecule has 0 saturated carbocycles. The van der Waals surface area contributed by atoms with E-state index >= 15 is 0 Å². The second kappa shape index (κ2) is 8.91. The standard InChI is InChI=1S/C21H25ClN2O3/c1-15(25)24(21(2,3)4)13-20(26)23-18-9-11-19(12-10-18)27-14-16-5-7-17(22)8-6-16/h5-12H,13-14H2,1-4H3,(H,23,26). The van der Waals surface area contributed by atoms with E-state index in [0.717, 1.165) is 5.56 Å². The van der Waals surface area contributed by atoms with E-state index in [9.17, 15) is 9.59 Å². The molecule has 0 unspecified atom stereocenters. The van der Waals surface area contributed by atoms with Crippen LogP contribution in [-0.4, -0.2) is 28.8 Å². The van der Waals surface area contributed by atoms with E-state index < -0.39 is 5.54 Å². The first-order valence-electron chi connectivity index (χ1n) is 8.70. The molecule has 0 aromatic heterocycles. The van der Waals surface area contributed by atoms with Gasteiger partial charge in [-0.25, -0.2) is 0 Å². The minimum atomic E-state index is -0.414. The fourth-order valence-electron chi connectivity index (χ4n) is 2.55. The fraction of sp³-hybridized carbons (Fsp3) is 0.333. The highest BCUT2D eigenvalue weighted by atomic mass is 35.5. The van der Waals surface area contributed by atoms with Gasteiger partial charge in [-0.15, -0.1) is 0 Å². The summed E-state index contributed by atoms with van der Waals surface area (Å²) in [6.07, 6.45) is 0. The van der Waals surface area contributed by atoms with Gasteiger partial charge in [-0.2, -0.15) is 0 Å². The second-order valence-electron chi connectivity index (χ2n) is 7.26. The van der Waals surface area contributed by atoms with E-state index in [-0.39, 0.29) is 18.4 Å². The molecular weight excluding hydrogens is 364 g/mol. The van der Waals surface area contributed by atoms with Crippen LogP contribution in [0.4, 0.5) is 5.69 Å².